The van der Waals surface area contributed by atoms with E-state index >= 15 is 0 Å². The number of hydrogen-bond donors (Lipinski definition) is 0. The quantitative estimate of drug-likeness (QED) is 0.752. The molecule has 0 aromatic carbocycles. The fraction of sp³-hybridized carbons (Fsp3) is 0.286. The van der Waals surface area contributed by atoms with Crippen molar-refractivity contribution >= 4 is 0 Å². The molecular formula is C14H12N4. The molecule has 18 heavy (non-hydrogen) atoms. The van der Waals surface area contributed by atoms with Gasteiger partial charge in [-0.2, -0.15) is 15.8 Å². The van der Waals surface area contributed by atoms with Crippen LogP contribution in [0.5, 0.6) is 0 Å². The van der Waals surface area contributed by atoms with E-state index in [4.69, 9.17) is 0 Å². The second kappa shape index (κ2) is 5.62. The van der Waals surface area contributed by atoms with Gasteiger partial charge < -0.3 is 0 Å². The van der Waals surface area contributed by atoms with Crippen LogP contribution in [0, 0.1) is 46.3 Å². The highest BCUT2D eigenvalue weighted by Crippen LogP contribution is 2.37. The van der Waals surface area contributed by atoms with Crippen LogP contribution in [-0.4, -0.2) is 4.98 Å². The first kappa shape index (κ1) is 13.4. The normalized spacial score (nSPS) is 11.7. The third-order valence-corrected chi connectivity index (χ3v) is 2.75. The van der Waals surface area contributed by atoms with Crippen LogP contribution >= 0.6 is 0 Å². The Bertz CT molecular complexity index is 537. The average Bonchev–Trinajstić information content (AvgIpc) is 2.40. The van der Waals surface area contributed by atoms with Gasteiger partial charge in [-0.05, 0) is 25.0 Å². The molecule has 88 valence electrons. The molecule has 1 unspecified atom stereocenters. The number of rotatable bonds is 4. The molecule has 0 fully saturated rings. The van der Waals surface area contributed by atoms with Gasteiger partial charge in [0.15, 0.2) is 5.41 Å². The van der Waals surface area contributed by atoms with E-state index in [1.807, 2.05) is 25.1 Å². The number of allylic oxidation sites excluding steroid dienone is 1. The highest BCUT2D eigenvalue weighted by molar-refractivity contribution is 5.35. The summed E-state index contributed by atoms with van der Waals surface area (Å²) in [5.74, 6) is -0.835. The summed E-state index contributed by atoms with van der Waals surface area (Å²) in [5, 5.41) is 27.7. The molecule has 4 heteroatoms. The summed E-state index contributed by atoms with van der Waals surface area (Å²) >= 11 is 0. The molecule has 1 atom stereocenters. The number of nitrogens with zero attached hydrogens (tertiary/aromatic N) is 4. The van der Waals surface area contributed by atoms with Gasteiger partial charge in [-0.3, -0.25) is 4.98 Å². The monoisotopic (exact) mass is 236 g/mol. The number of nitriles is 3. The van der Waals surface area contributed by atoms with E-state index in [0.29, 0.717) is 5.56 Å². The predicted molar refractivity (Wildman–Crippen MR) is 65.8 cm³/mol. The van der Waals surface area contributed by atoms with Crippen molar-refractivity contribution in [3.05, 3.63) is 42.2 Å². The average molecular weight is 236 g/mol. The Morgan fingerprint density at radius 1 is 1.39 bits per heavy atom. The van der Waals surface area contributed by atoms with Gasteiger partial charge in [0.2, 0.25) is 0 Å². The van der Waals surface area contributed by atoms with Crippen LogP contribution < -0.4 is 0 Å². The minimum Gasteiger partial charge on any atom is -0.261 e. The molecule has 1 heterocycles. The third-order valence-electron chi connectivity index (χ3n) is 2.75. The van der Waals surface area contributed by atoms with Gasteiger partial charge in [0, 0.05) is 11.9 Å². The van der Waals surface area contributed by atoms with Crippen molar-refractivity contribution in [2.45, 2.75) is 19.3 Å². The number of aryl methyl sites for hydroxylation is 1. The van der Waals surface area contributed by atoms with Crippen LogP contribution in [0.2, 0.25) is 0 Å². The van der Waals surface area contributed by atoms with Crippen molar-refractivity contribution in [3.8, 4) is 18.2 Å². The zero-order valence-electron chi connectivity index (χ0n) is 10.1. The summed E-state index contributed by atoms with van der Waals surface area (Å²) in [6.45, 7) is 5.37. The second-order valence-corrected chi connectivity index (χ2v) is 3.98. The lowest BCUT2D eigenvalue weighted by atomic mass is 9.73. The van der Waals surface area contributed by atoms with Crippen LogP contribution in [0.25, 0.3) is 0 Å². The van der Waals surface area contributed by atoms with Crippen molar-refractivity contribution < 1.29 is 0 Å². The Hall–Kier alpha value is -2.64. The van der Waals surface area contributed by atoms with Gasteiger partial charge in [-0.15, -0.1) is 6.58 Å². The van der Waals surface area contributed by atoms with Gasteiger partial charge in [-0.1, -0.05) is 12.1 Å². The Morgan fingerprint density at radius 2 is 2.06 bits per heavy atom. The number of aromatic nitrogens is 1. The van der Waals surface area contributed by atoms with E-state index in [9.17, 15) is 15.8 Å². The first-order valence-corrected chi connectivity index (χ1v) is 5.39. The van der Waals surface area contributed by atoms with Gasteiger partial charge in [0.1, 0.15) is 5.92 Å². The van der Waals surface area contributed by atoms with E-state index in [1.54, 1.807) is 12.1 Å². The fourth-order valence-corrected chi connectivity index (χ4v) is 1.71. The molecule has 0 aliphatic carbocycles. The summed E-state index contributed by atoms with van der Waals surface area (Å²) in [6.07, 6.45) is 3.17. The van der Waals surface area contributed by atoms with Crippen LogP contribution in [0.1, 0.15) is 23.6 Å². The Labute approximate surface area is 106 Å². The van der Waals surface area contributed by atoms with Gasteiger partial charge in [0.05, 0.1) is 18.2 Å². The van der Waals surface area contributed by atoms with Crippen molar-refractivity contribution in [1.29, 1.82) is 15.8 Å². The minimum atomic E-state index is -1.41. The predicted octanol–water partition coefficient (Wildman–Crippen LogP) is 2.61. The number of pyridine rings is 1. The standard InChI is InChI=1S/C14H12N4/c1-3-6-14(9-16,10-17)13(7-15)12-5-4-11(2)18-8-12/h3-5,8,13H,1,6H2,2H3. The Morgan fingerprint density at radius 3 is 2.44 bits per heavy atom. The Kier molecular flexibility index (Phi) is 4.19. The first-order chi connectivity index (χ1) is 8.63. The maximum atomic E-state index is 9.26. The second-order valence-electron chi connectivity index (χ2n) is 3.98. The topological polar surface area (TPSA) is 84.3 Å². The molecule has 0 spiro atoms. The molecule has 1 rings (SSSR count). The van der Waals surface area contributed by atoms with Crippen molar-refractivity contribution in [1.82, 2.24) is 4.98 Å². The molecule has 4 nitrogen and oxygen atoms in total. The first-order valence-electron chi connectivity index (χ1n) is 5.39. The highest BCUT2D eigenvalue weighted by Gasteiger charge is 2.40. The fourth-order valence-electron chi connectivity index (χ4n) is 1.71. The minimum absolute atomic E-state index is 0.145. The summed E-state index contributed by atoms with van der Waals surface area (Å²) in [6, 6.07) is 9.41. The lowest BCUT2D eigenvalue weighted by molar-refractivity contribution is 0.479. The molecule has 0 saturated heterocycles. The molecule has 0 aliphatic heterocycles. The van der Waals surface area contributed by atoms with E-state index in [1.165, 1.54) is 12.3 Å². The zero-order valence-corrected chi connectivity index (χ0v) is 10.1. The summed E-state index contributed by atoms with van der Waals surface area (Å²) in [5.41, 5.74) is -0.0142. The lowest BCUT2D eigenvalue weighted by Gasteiger charge is -2.22. The van der Waals surface area contributed by atoms with E-state index < -0.39 is 11.3 Å². The number of hydrogen-bond acceptors (Lipinski definition) is 4. The SMILES string of the molecule is C=CCC(C#N)(C#N)C(C#N)c1ccc(C)nc1. The summed E-state index contributed by atoms with van der Waals surface area (Å²) < 4.78 is 0. The smallest absolute Gasteiger partial charge is 0.167 e. The molecule has 0 aliphatic rings. The van der Waals surface area contributed by atoms with Crippen molar-refractivity contribution in [2.24, 2.45) is 5.41 Å². The molecular weight excluding hydrogens is 224 g/mol. The van der Waals surface area contributed by atoms with Crippen LogP contribution in [-0.2, 0) is 0 Å². The maximum Gasteiger partial charge on any atom is 0.167 e. The summed E-state index contributed by atoms with van der Waals surface area (Å²) in [4.78, 5) is 4.09. The molecule has 0 radical (unpaired) electrons. The molecule has 0 amide bonds. The van der Waals surface area contributed by atoms with Crippen LogP contribution in [0.4, 0.5) is 0 Å². The van der Waals surface area contributed by atoms with Crippen molar-refractivity contribution in [2.75, 3.05) is 0 Å². The maximum absolute atomic E-state index is 9.26. The molecule has 0 N–H and O–H groups in total. The largest absolute Gasteiger partial charge is 0.261 e. The zero-order chi connectivity index (χ0) is 13.6. The van der Waals surface area contributed by atoms with Crippen molar-refractivity contribution in [3.63, 3.8) is 0 Å². The highest BCUT2D eigenvalue weighted by atomic mass is 14.7. The molecule has 1 aromatic rings. The van der Waals surface area contributed by atoms with Gasteiger partial charge in [0.25, 0.3) is 0 Å². The van der Waals surface area contributed by atoms with Crippen LogP contribution in [0.15, 0.2) is 31.0 Å². The molecule has 1 aromatic heterocycles. The third kappa shape index (κ3) is 2.37. The van der Waals surface area contributed by atoms with E-state index in [2.05, 4.69) is 11.6 Å². The van der Waals surface area contributed by atoms with E-state index in [-0.39, 0.29) is 6.42 Å². The Balaban J connectivity index is 3.29. The molecule has 0 saturated carbocycles. The van der Waals surface area contributed by atoms with Crippen LogP contribution in [0.3, 0.4) is 0 Å². The van der Waals surface area contributed by atoms with Gasteiger partial charge in [-0.25, -0.2) is 0 Å². The van der Waals surface area contributed by atoms with E-state index in [0.717, 1.165) is 5.69 Å². The summed E-state index contributed by atoms with van der Waals surface area (Å²) in [7, 11) is 0. The van der Waals surface area contributed by atoms with Gasteiger partial charge >= 0.3 is 0 Å². The molecule has 0 bridgehead atoms. The lowest BCUT2D eigenvalue weighted by Crippen LogP contribution is -2.24.